The number of nitrogens with two attached hydrogens (primary N) is 1. The Bertz CT molecular complexity index is 421. The van der Waals surface area contributed by atoms with E-state index in [9.17, 15) is 4.79 Å². The van der Waals surface area contributed by atoms with Crippen LogP contribution in [0.5, 0.6) is 5.75 Å². The Balaban J connectivity index is 3.10. The van der Waals surface area contributed by atoms with Crippen molar-refractivity contribution >= 4 is 23.2 Å². The minimum atomic E-state index is -0.159. The first-order valence-corrected chi connectivity index (χ1v) is 5.78. The highest BCUT2D eigenvalue weighted by molar-refractivity contribution is 6.32. The minimum absolute atomic E-state index is 0.0270. The summed E-state index contributed by atoms with van der Waals surface area (Å²) >= 11 is 6.08. The van der Waals surface area contributed by atoms with Gasteiger partial charge in [-0.25, -0.2) is 0 Å². The number of hydrogen-bond acceptors (Lipinski definition) is 3. The highest BCUT2D eigenvalue weighted by Gasteiger charge is 2.14. The van der Waals surface area contributed by atoms with Gasteiger partial charge in [-0.15, -0.1) is 0 Å². The smallest absolute Gasteiger partial charge is 0.240 e. The molecule has 0 aliphatic rings. The molecular formula is C12H17ClN2O2. The van der Waals surface area contributed by atoms with Gasteiger partial charge < -0.3 is 15.4 Å². The predicted molar refractivity (Wildman–Crippen MR) is 69.8 cm³/mol. The maximum Gasteiger partial charge on any atom is 0.240 e. The summed E-state index contributed by atoms with van der Waals surface area (Å²) in [6.45, 7) is 4.31. The lowest BCUT2D eigenvalue weighted by Gasteiger charge is -2.20. The largest absolute Gasteiger partial charge is 0.492 e. The first-order chi connectivity index (χ1) is 8.01. The molecule has 1 rings (SSSR count). The lowest BCUT2D eigenvalue weighted by Crippen LogP contribution is -2.32. The topological polar surface area (TPSA) is 55.6 Å². The number of carbonyl (C=O) groups is 1. The van der Waals surface area contributed by atoms with Crippen molar-refractivity contribution in [3.63, 3.8) is 0 Å². The SMILES string of the molecule is CCOc1cc(C)c(N(C)C(=O)CN)cc1Cl. The van der Waals surface area contributed by atoms with Crippen LogP contribution in [0.2, 0.25) is 5.02 Å². The van der Waals surface area contributed by atoms with E-state index in [4.69, 9.17) is 22.1 Å². The zero-order valence-electron chi connectivity index (χ0n) is 10.3. The van der Waals surface area contributed by atoms with Crippen molar-refractivity contribution < 1.29 is 9.53 Å². The standard InChI is InChI=1S/C12H17ClN2O2/c1-4-17-11-5-8(2)10(6-9(11)13)15(3)12(16)7-14/h5-6H,4,7,14H2,1-3H3. The molecule has 0 saturated carbocycles. The summed E-state index contributed by atoms with van der Waals surface area (Å²) in [6.07, 6.45) is 0. The van der Waals surface area contributed by atoms with Gasteiger partial charge in [0.1, 0.15) is 5.75 Å². The van der Waals surface area contributed by atoms with E-state index >= 15 is 0 Å². The number of benzene rings is 1. The van der Waals surface area contributed by atoms with E-state index in [0.29, 0.717) is 17.4 Å². The number of amides is 1. The maximum absolute atomic E-state index is 11.5. The zero-order valence-corrected chi connectivity index (χ0v) is 11.0. The van der Waals surface area contributed by atoms with Gasteiger partial charge in [-0.3, -0.25) is 4.79 Å². The van der Waals surface area contributed by atoms with Crippen molar-refractivity contribution in [3.05, 3.63) is 22.7 Å². The van der Waals surface area contributed by atoms with Gasteiger partial charge in [0.2, 0.25) is 5.91 Å². The number of likely N-dealkylation sites (N-methyl/N-ethyl adjacent to an activating group) is 1. The van der Waals surface area contributed by atoms with Crippen LogP contribution in [0.4, 0.5) is 5.69 Å². The van der Waals surface area contributed by atoms with Crippen molar-refractivity contribution in [3.8, 4) is 5.75 Å². The number of aryl methyl sites for hydroxylation is 1. The summed E-state index contributed by atoms with van der Waals surface area (Å²) in [7, 11) is 1.67. The fraction of sp³-hybridized carbons (Fsp3) is 0.417. The Morgan fingerprint density at radius 2 is 2.18 bits per heavy atom. The number of rotatable bonds is 4. The molecule has 2 N–H and O–H groups in total. The van der Waals surface area contributed by atoms with E-state index in [-0.39, 0.29) is 12.5 Å². The Labute approximate surface area is 106 Å². The van der Waals surface area contributed by atoms with Gasteiger partial charge in [-0.2, -0.15) is 0 Å². The molecule has 0 heterocycles. The number of ether oxygens (including phenoxy) is 1. The molecule has 0 saturated heterocycles. The van der Waals surface area contributed by atoms with Crippen LogP contribution in [0.3, 0.4) is 0 Å². The highest BCUT2D eigenvalue weighted by atomic mass is 35.5. The molecular weight excluding hydrogens is 240 g/mol. The predicted octanol–water partition coefficient (Wildman–Crippen LogP) is 1.97. The van der Waals surface area contributed by atoms with Crippen LogP contribution >= 0.6 is 11.6 Å². The molecule has 0 spiro atoms. The number of hydrogen-bond donors (Lipinski definition) is 1. The Morgan fingerprint density at radius 1 is 1.53 bits per heavy atom. The van der Waals surface area contributed by atoms with Gasteiger partial charge in [0.15, 0.2) is 0 Å². The molecule has 94 valence electrons. The Morgan fingerprint density at radius 3 is 2.71 bits per heavy atom. The average Bonchev–Trinajstić information content (AvgIpc) is 2.31. The summed E-state index contributed by atoms with van der Waals surface area (Å²) in [5.74, 6) is 0.470. The lowest BCUT2D eigenvalue weighted by molar-refractivity contribution is -0.117. The molecule has 0 bridgehead atoms. The minimum Gasteiger partial charge on any atom is -0.492 e. The summed E-state index contributed by atoms with van der Waals surface area (Å²) in [6, 6.07) is 3.54. The van der Waals surface area contributed by atoms with Gasteiger partial charge in [-0.1, -0.05) is 11.6 Å². The fourth-order valence-corrected chi connectivity index (χ4v) is 1.76. The summed E-state index contributed by atoms with van der Waals surface area (Å²) in [4.78, 5) is 13.0. The van der Waals surface area contributed by atoms with Gasteiger partial charge in [-0.05, 0) is 31.5 Å². The third kappa shape index (κ3) is 3.11. The quantitative estimate of drug-likeness (QED) is 0.896. The van der Waals surface area contributed by atoms with Gasteiger partial charge in [0.05, 0.1) is 18.2 Å². The zero-order chi connectivity index (χ0) is 13.0. The molecule has 0 fully saturated rings. The van der Waals surface area contributed by atoms with E-state index in [0.717, 1.165) is 11.3 Å². The van der Waals surface area contributed by atoms with Crippen molar-refractivity contribution in [2.45, 2.75) is 13.8 Å². The fourth-order valence-electron chi connectivity index (χ4n) is 1.54. The first kappa shape index (κ1) is 13.8. The second kappa shape index (κ2) is 5.89. The van der Waals surface area contributed by atoms with E-state index < -0.39 is 0 Å². The summed E-state index contributed by atoms with van der Waals surface area (Å²) in [5, 5.41) is 0.490. The number of anilines is 1. The molecule has 0 atom stereocenters. The molecule has 0 aliphatic heterocycles. The van der Waals surface area contributed by atoms with E-state index in [1.54, 1.807) is 13.1 Å². The average molecular weight is 257 g/mol. The number of carbonyl (C=O) groups excluding carboxylic acids is 1. The van der Waals surface area contributed by atoms with Crippen LogP contribution in [0.25, 0.3) is 0 Å². The van der Waals surface area contributed by atoms with Crippen molar-refractivity contribution in [2.75, 3.05) is 25.1 Å². The monoisotopic (exact) mass is 256 g/mol. The molecule has 17 heavy (non-hydrogen) atoms. The molecule has 5 heteroatoms. The van der Waals surface area contributed by atoms with Gasteiger partial charge in [0, 0.05) is 12.7 Å². The number of halogens is 1. The summed E-state index contributed by atoms with van der Waals surface area (Å²) in [5.41, 5.74) is 6.99. The lowest BCUT2D eigenvalue weighted by atomic mass is 10.1. The second-order valence-electron chi connectivity index (χ2n) is 3.66. The van der Waals surface area contributed by atoms with Crippen LogP contribution in [-0.4, -0.2) is 26.1 Å². The molecule has 0 aromatic heterocycles. The molecule has 1 amide bonds. The third-order valence-corrected chi connectivity index (χ3v) is 2.76. The molecule has 0 aliphatic carbocycles. The van der Waals surface area contributed by atoms with Crippen LogP contribution in [0.15, 0.2) is 12.1 Å². The van der Waals surface area contributed by atoms with E-state index in [2.05, 4.69) is 0 Å². The second-order valence-corrected chi connectivity index (χ2v) is 4.07. The van der Waals surface area contributed by atoms with Crippen LogP contribution in [0.1, 0.15) is 12.5 Å². The molecule has 4 nitrogen and oxygen atoms in total. The molecule has 0 unspecified atom stereocenters. The normalized spacial score (nSPS) is 10.2. The summed E-state index contributed by atoms with van der Waals surface area (Å²) < 4.78 is 5.38. The Kier molecular flexibility index (Phi) is 4.78. The van der Waals surface area contributed by atoms with Crippen LogP contribution in [0, 0.1) is 6.92 Å². The van der Waals surface area contributed by atoms with Crippen molar-refractivity contribution in [2.24, 2.45) is 5.73 Å². The van der Waals surface area contributed by atoms with E-state index in [1.807, 2.05) is 19.9 Å². The van der Waals surface area contributed by atoms with Gasteiger partial charge in [0.25, 0.3) is 0 Å². The van der Waals surface area contributed by atoms with Crippen LogP contribution in [-0.2, 0) is 4.79 Å². The molecule has 1 aromatic carbocycles. The van der Waals surface area contributed by atoms with Crippen molar-refractivity contribution in [1.82, 2.24) is 0 Å². The van der Waals surface area contributed by atoms with Gasteiger partial charge >= 0.3 is 0 Å². The maximum atomic E-state index is 11.5. The molecule has 1 aromatic rings. The third-order valence-electron chi connectivity index (χ3n) is 2.46. The van der Waals surface area contributed by atoms with Crippen molar-refractivity contribution in [1.29, 1.82) is 0 Å². The first-order valence-electron chi connectivity index (χ1n) is 5.40. The van der Waals surface area contributed by atoms with Crippen LogP contribution < -0.4 is 15.4 Å². The van der Waals surface area contributed by atoms with E-state index in [1.165, 1.54) is 4.90 Å². The Hall–Kier alpha value is -1.26. The highest BCUT2D eigenvalue weighted by Crippen LogP contribution is 2.32. The number of nitrogens with zero attached hydrogens (tertiary/aromatic N) is 1. The molecule has 0 radical (unpaired) electrons.